The zero-order valence-corrected chi connectivity index (χ0v) is 13.2. The van der Waals surface area contributed by atoms with Gasteiger partial charge >= 0.3 is 0 Å². The van der Waals surface area contributed by atoms with Crippen molar-refractivity contribution < 1.29 is 14.1 Å². The van der Waals surface area contributed by atoms with E-state index in [-0.39, 0.29) is 16.4 Å². The molecule has 0 atom stereocenters. The molecule has 2 aromatic heterocycles. The maximum Gasteiger partial charge on any atom is 0.291 e. The van der Waals surface area contributed by atoms with Crippen molar-refractivity contribution in [2.24, 2.45) is 5.10 Å². The number of rotatable bonds is 5. The Morgan fingerprint density at radius 2 is 2.24 bits per heavy atom. The van der Waals surface area contributed by atoms with Crippen molar-refractivity contribution in [3.63, 3.8) is 0 Å². The number of H-pyrrole nitrogens is 1. The zero-order chi connectivity index (χ0) is 17.8. The molecule has 25 heavy (non-hydrogen) atoms. The SMILES string of the molecule is O=C(NN=Cc1ccc(Cl)c([N+](=O)[O-])c1)c1cc(-c2ccco2)[nH]n1. The molecule has 0 saturated carbocycles. The van der Waals surface area contributed by atoms with Crippen LogP contribution in [0.4, 0.5) is 5.69 Å². The van der Waals surface area contributed by atoms with E-state index in [0.29, 0.717) is 17.0 Å². The van der Waals surface area contributed by atoms with E-state index in [1.165, 1.54) is 36.7 Å². The second kappa shape index (κ2) is 6.97. The Hall–Kier alpha value is -3.46. The first-order valence-corrected chi connectivity index (χ1v) is 7.29. The fourth-order valence-corrected chi connectivity index (χ4v) is 2.16. The minimum absolute atomic E-state index is 0.0214. The molecule has 0 saturated heterocycles. The number of nitro benzene ring substituents is 1. The molecular formula is C15H10ClN5O4. The van der Waals surface area contributed by atoms with Gasteiger partial charge in [-0.2, -0.15) is 10.2 Å². The number of aromatic nitrogens is 2. The lowest BCUT2D eigenvalue weighted by Crippen LogP contribution is -2.18. The van der Waals surface area contributed by atoms with Gasteiger partial charge in [-0.25, -0.2) is 5.43 Å². The Kier molecular flexibility index (Phi) is 4.57. The van der Waals surface area contributed by atoms with Gasteiger partial charge in [-0.1, -0.05) is 17.7 Å². The van der Waals surface area contributed by atoms with E-state index in [4.69, 9.17) is 16.0 Å². The van der Waals surface area contributed by atoms with Crippen LogP contribution in [0.15, 0.2) is 52.2 Å². The molecule has 0 aliphatic rings. The van der Waals surface area contributed by atoms with Crippen molar-refractivity contribution in [3.05, 3.63) is 69.1 Å². The molecule has 0 spiro atoms. The molecule has 1 aromatic carbocycles. The number of nitrogens with zero attached hydrogens (tertiary/aromatic N) is 3. The molecule has 0 fully saturated rings. The van der Waals surface area contributed by atoms with Crippen LogP contribution in [0.5, 0.6) is 0 Å². The molecule has 3 rings (SSSR count). The normalized spacial score (nSPS) is 10.9. The highest BCUT2D eigenvalue weighted by molar-refractivity contribution is 6.32. The Balaban J connectivity index is 1.67. The van der Waals surface area contributed by atoms with Gasteiger partial charge in [0.15, 0.2) is 11.5 Å². The number of hydrogen-bond acceptors (Lipinski definition) is 6. The van der Waals surface area contributed by atoms with Gasteiger partial charge < -0.3 is 4.42 Å². The second-order valence-corrected chi connectivity index (χ2v) is 5.22. The van der Waals surface area contributed by atoms with Crippen LogP contribution in [0.1, 0.15) is 16.1 Å². The summed E-state index contributed by atoms with van der Waals surface area (Å²) in [6.45, 7) is 0. The second-order valence-electron chi connectivity index (χ2n) is 4.81. The van der Waals surface area contributed by atoms with Gasteiger partial charge in [-0.05, 0) is 18.2 Å². The van der Waals surface area contributed by atoms with Crippen LogP contribution >= 0.6 is 11.6 Å². The molecule has 0 bridgehead atoms. The van der Waals surface area contributed by atoms with Crippen molar-refractivity contribution in [3.8, 4) is 11.5 Å². The standard InChI is InChI=1S/C15H10ClN5O4/c16-10-4-3-9(6-13(10)21(23)24)8-17-20-15(22)12-7-11(18-19-12)14-2-1-5-25-14/h1-8H,(H,18,19)(H,20,22). The first-order chi connectivity index (χ1) is 12.0. The summed E-state index contributed by atoms with van der Waals surface area (Å²) in [5, 5.41) is 21.1. The number of benzene rings is 1. The lowest BCUT2D eigenvalue weighted by atomic mass is 10.2. The predicted octanol–water partition coefficient (Wildman–Crippen LogP) is 3.00. The number of hydrogen-bond donors (Lipinski definition) is 2. The minimum Gasteiger partial charge on any atom is -0.463 e. The highest BCUT2D eigenvalue weighted by atomic mass is 35.5. The van der Waals surface area contributed by atoms with Crippen LogP contribution in [0.2, 0.25) is 5.02 Å². The largest absolute Gasteiger partial charge is 0.463 e. The summed E-state index contributed by atoms with van der Waals surface area (Å²) in [7, 11) is 0. The molecule has 10 heteroatoms. The van der Waals surface area contributed by atoms with Crippen molar-refractivity contribution in [1.82, 2.24) is 15.6 Å². The van der Waals surface area contributed by atoms with Crippen LogP contribution in [0, 0.1) is 10.1 Å². The third-order valence-electron chi connectivity index (χ3n) is 3.14. The summed E-state index contributed by atoms with van der Waals surface area (Å²) < 4.78 is 5.19. The van der Waals surface area contributed by atoms with Gasteiger partial charge in [0.1, 0.15) is 10.7 Å². The van der Waals surface area contributed by atoms with Gasteiger partial charge in [-0.15, -0.1) is 0 Å². The van der Waals surface area contributed by atoms with Crippen LogP contribution in [0.25, 0.3) is 11.5 Å². The van der Waals surface area contributed by atoms with Crippen LogP contribution in [-0.4, -0.2) is 27.2 Å². The first kappa shape index (κ1) is 16.4. The number of amides is 1. The number of hydrazone groups is 1. The molecule has 2 N–H and O–H groups in total. The van der Waals surface area contributed by atoms with Crippen LogP contribution in [-0.2, 0) is 0 Å². The number of aromatic amines is 1. The van der Waals surface area contributed by atoms with E-state index in [2.05, 4.69) is 20.7 Å². The van der Waals surface area contributed by atoms with Crippen LogP contribution < -0.4 is 5.43 Å². The van der Waals surface area contributed by atoms with Crippen molar-refractivity contribution in [2.75, 3.05) is 0 Å². The van der Waals surface area contributed by atoms with Crippen LogP contribution in [0.3, 0.4) is 0 Å². The molecule has 1 amide bonds. The highest BCUT2D eigenvalue weighted by Crippen LogP contribution is 2.24. The Morgan fingerprint density at radius 1 is 1.40 bits per heavy atom. The molecule has 0 unspecified atom stereocenters. The van der Waals surface area contributed by atoms with Crippen molar-refractivity contribution in [2.45, 2.75) is 0 Å². The molecule has 0 aliphatic carbocycles. The summed E-state index contributed by atoms with van der Waals surface area (Å²) >= 11 is 5.73. The molecule has 3 aromatic rings. The number of halogens is 1. The van der Waals surface area contributed by atoms with Gasteiger partial charge in [0.05, 0.1) is 17.4 Å². The third-order valence-corrected chi connectivity index (χ3v) is 3.46. The first-order valence-electron chi connectivity index (χ1n) is 6.91. The zero-order valence-electron chi connectivity index (χ0n) is 12.5. The van der Waals surface area contributed by atoms with E-state index in [1.807, 2.05) is 0 Å². The number of carbonyl (C=O) groups is 1. The number of nitro groups is 1. The fraction of sp³-hybridized carbons (Fsp3) is 0. The molecular weight excluding hydrogens is 350 g/mol. The molecule has 9 nitrogen and oxygen atoms in total. The molecule has 0 radical (unpaired) electrons. The van der Waals surface area contributed by atoms with Gasteiger partial charge in [0, 0.05) is 17.7 Å². The van der Waals surface area contributed by atoms with Gasteiger partial charge in [0.25, 0.3) is 11.6 Å². The molecule has 2 heterocycles. The maximum atomic E-state index is 12.0. The predicted molar refractivity (Wildman–Crippen MR) is 89.5 cm³/mol. The summed E-state index contributed by atoms with van der Waals surface area (Å²) in [5.41, 5.74) is 3.12. The molecule has 126 valence electrons. The van der Waals surface area contributed by atoms with E-state index in [1.54, 1.807) is 12.1 Å². The Bertz CT molecular complexity index is 949. The number of carbonyl (C=O) groups excluding carboxylic acids is 1. The average molecular weight is 360 g/mol. The van der Waals surface area contributed by atoms with Gasteiger partial charge in [-0.3, -0.25) is 20.0 Å². The minimum atomic E-state index is -0.599. The number of furan rings is 1. The van der Waals surface area contributed by atoms with Gasteiger partial charge in [0.2, 0.25) is 0 Å². The number of nitrogens with one attached hydrogen (secondary N) is 2. The Labute approximate surface area is 145 Å². The topological polar surface area (TPSA) is 126 Å². The quantitative estimate of drug-likeness (QED) is 0.411. The summed E-state index contributed by atoms with van der Waals surface area (Å²) in [6.07, 6.45) is 2.77. The summed E-state index contributed by atoms with van der Waals surface area (Å²) in [4.78, 5) is 22.2. The lowest BCUT2D eigenvalue weighted by Gasteiger charge is -1.97. The smallest absolute Gasteiger partial charge is 0.291 e. The lowest BCUT2D eigenvalue weighted by molar-refractivity contribution is -0.384. The summed E-state index contributed by atoms with van der Waals surface area (Å²) in [5.74, 6) is -0.00251. The van der Waals surface area contributed by atoms with E-state index >= 15 is 0 Å². The monoisotopic (exact) mass is 359 g/mol. The maximum absolute atomic E-state index is 12.0. The van der Waals surface area contributed by atoms with E-state index in [0.717, 1.165) is 0 Å². The third kappa shape index (κ3) is 3.72. The highest BCUT2D eigenvalue weighted by Gasteiger charge is 2.13. The molecule has 0 aliphatic heterocycles. The van der Waals surface area contributed by atoms with Crippen molar-refractivity contribution >= 4 is 29.4 Å². The average Bonchev–Trinajstić information content (AvgIpc) is 3.27. The van der Waals surface area contributed by atoms with E-state index < -0.39 is 10.8 Å². The Morgan fingerprint density at radius 3 is 2.96 bits per heavy atom. The summed E-state index contributed by atoms with van der Waals surface area (Å²) in [6, 6.07) is 9.12. The fourth-order valence-electron chi connectivity index (χ4n) is 1.97. The van der Waals surface area contributed by atoms with E-state index in [9.17, 15) is 14.9 Å². The van der Waals surface area contributed by atoms with Crippen molar-refractivity contribution in [1.29, 1.82) is 0 Å².